The number of hydrogen-bond acceptors (Lipinski definition) is 6. The van der Waals surface area contributed by atoms with Crippen LogP contribution in [0.15, 0.2) is 23.5 Å². The van der Waals surface area contributed by atoms with Crippen LogP contribution in [0.2, 0.25) is 0 Å². The fourth-order valence-corrected chi connectivity index (χ4v) is 3.67. The predicted molar refractivity (Wildman–Crippen MR) is 79.2 cm³/mol. The molecule has 10 heteroatoms. The molecule has 0 spiro atoms. The normalized spacial score (nSPS) is 28.3. The van der Waals surface area contributed by atoms with Gasteiger partial charge in [0, 0.05) is 11.3 Å². The Kier molecular flexibility index (Phi) is 4.35. The molecule has 3 aliphatic rings. The monoisotopic (exact) mass is 382 g/mol. The maximum absolute atomic E-state index is 12.7. The van der Waals surface area contributed by atoms with E-state index >= 15 is 0 Å². The second-order valence-electron chi connectivity index (χ2n) is 6.56. The van der Waals surface area contributed by atoms with Crippen molar-refractivity contribution in [2.24, 2.45) is 16.7 Å². The highest BCUT2D eigenvalue weighted by Gasteiger charge is 2.60. The third-order valence-electron chi connectivity index (χ3n) is 4.45. The van der Waals surface area contributed by atoms with Crippen LogP contribution in [0.5, 0.6) is 0 Å². The SMILES string of the molecule is CCOC(=O)C1=CC2C(OS(=O)(=O)C(F)(F)F)=CC1(C)C(=O)C2(C)C. The largest absolute Gasteiger partial charge is 0.534 e. The van der Waals surface area contributed by atoms with Crippen LogP contribution in [0.1, 0.15) is 27.7 Å². The smallest absolute Gasteiger partial charge is 0.463 e. The van der Waals surface area contributed by atoms with E-state index in [0.717, 1.165) is 6.08 Å². The second-order valence-corrected chi connectivity index (χ2v) is 8.10. The van der Waals surface area contributed by atoms with Crippen molar-refractivity contribution in [2.75, 3.05) is 6.61 Å². The second kappa shape index (κ2) is 5.58. The molecule has 6 nitrogen and oxygen atoms in total. The van der Waals surface area contributed by atoms with Gasteiger partial charge in [0.1, 0.15) is 5.76 Å². The highest BCUT2D eigenvalue weighted by molar-refractivity contribution is 7.87. The van der Waals surface area contributed by atoms with Crippen LogP contribution in [-0.4, -0.2) is 32.3 Å². The van der Waals surface area contributed by atoms with E-state index in [2.05, 4.69) is 4.18 Å². The summed E-state index contributed by atoms with van der Waals surface area (Å²) in [4.78, 5) is 24.8. The summed E-state index contributed by atoms with van der Waals surface area (Å²) in [6.07, 6.45) is 2.21. The van der Waals surface area contributed by atoms with Gasteiger partial charge in [0.15, 0.2) is 5.78 Å². The summed E-state index contributed by atoms with van der Waals surface area (Å²) in [5, 5.41) is 0. The molecule has 2 atom stereocenters. The zero-order valence-corrected chi connectivity index (χ0v) is 14.7. The van der Waals surface area contributed by atoms with Crippen LogP contribution in [0, 0.1) is 16.7 Å². The number of fused-ring (bicyclic) bond motifs is 1. The van der Waals surface area contributed by atoms with Gasteiger partial charge < -0.3 is 8.92 Å². The number of carbonyl (C=O) groups excluding carboxylic acids is 2. The van der Waals surface area contributed by atoms with Crippen LogP contribution in [0.4, 0.5) is 13.2 Å². The molecular weight excluding hydrogens is 365 g/mol. The molecule has 0 aromatic rings. The minimum absolute atomic E-state index is 0.0413. The molecule has 3 rings (SSSR count). The lowest BCUT2D eigenvalue weighted by atomic mass is 9.54. The lowest BCUT2D eigenvalue weighted by molar-refractivity contribution is -0.146. The van der Waals surface area contributed by atoms with Gasteiger partial charge in [-0.1, -0.05) is 19.9 Å². The Morgan fingerprint density at radius 1 is 1.28 bits per heavy atom. The van der Waals surface area contributed by atoms with Gasteiger partial charge in [-0.05, 0) is 19.9 Å². The van der Waals surface area contributed by atoms with E-state index in [9.17, 15) is 31.2 Å². The zero-order valence-electron chi connectivity index (χ0n) is 13.9. The lowest BCUT2D eigenvalue weighted by Crippen LogP contribution is -2.53. The number of carbonyl (C=O) groups is 2. The Hall–Kier alpha value is -1.84. The minimum Gasteiger partial charge on any atom is -0.463 e. The Morgan fingerprint density at radius 3 is 2.32 bits per heavy atom. The number of allylic oxidation sites excluding steroid dienone is 2. The van der Waals surface area contributed by atoms with Gasteiger partial charge in [0.05, 0.1) is 17.6 Å². The number of alkyl halides is 3. The maximum Gasteiger partial charge on any atom is 0.534 e. The number of ether oxygens (including phenoxy) is 1. The first kappa shape index (κ1) is 19.5. The van der Waals surface area contributed by atoms with E-state index < -0.39 is 49.9 Å². The fraction of sp³-hybridized carbons (Fsp3) is 0.600. The molecule has 140 valence electrons. The van der Waals surface area contributed by atoms with Crippen molar-refractivity contribution in [2.45, 2.75) is 33.2 Å². The highest BCUT2D eigenvalue weighted by Crippen LogP contribution is 2.55. The van der Waals surface area contributed by atoms with Gasteiger partial charge in [-0.25, -0.2) is 4.79 Å². The van der Waals surface area contributed by atoms with Gasteiger partial charge in [-0.15, -0.1) is 0 Å². The molecule has 25 heavy (non-hydrogen) atoms. The fourth-order valence-electron chi connectivity index (χ4n) is 3.18. The molecule has 0 heterocycles. The van der Waals surface area contributed by atoms with Crippen molar-refractivity contribution < 1.29 is 40.1 Å². The Morgan fingerprint density at radius 2 is 1.84 bits per heavy atom. The predicted octanol–water partition coefficient (Wildman–Crippen LogP) is 2.47. The topological polar surface area (TPSA) is 86.7 Å². The number of rotatable bonds is 4. The van der Waals surface area contributed by atoms with Crippen LogP contribution < -0.4 is 0 Å². The molecule has 0 radical (unpaired) electrons. The average molecular weight is 382 g/mol. The summed E-state index contributed by atoms with van der Waals surface area (Å²) in [5.41, 5.74) is -8.54. The van der Waals surface area contributed by atoms with E-state index in [1.165, 1.54) is 26.8 Å². The van der Waals surface area contributed by atoms with Crippen LogP contribution in [0.25, 0.3) is 0 Å². The molecule has 0 saturated carbocycles. The molecule has 0 aromatic heterocycles. The molecule has 0 saturated heterocycles. The molecule has 0 aromatic carbocycles. The zero-order chi connectivity index (χ0) is 19.4. The number of Topliss-reactive ketones (excluding diaryl/α,β-unsaturated/α-hetero) is 1. The minimum atomic E-state index is -5.89. The van der Waals surface area contributed by atoms with Crippen molar-refractivity contribution in [3.8, 4) is 0 Å². The van der Waals surface area contributed by atoms with Gasteiger partial charge >= 0.3 is 21.6 Å². The lowest BCUT2D eigenvalue weighted by Gasteiger charge is -2.48. The first-order valence-electron chi connectivity index (χ1n) is 7.36. The van der Waals surface area contributed by atoms with Crippen molar-refractivity contribution >= 4 is 21.9 Å². The van der Waals surface area contributed by atoms with Crippen LogP contribution in [-0.2, 0) is 28.6 Å². The molecule has 0 amide bonds. The molecule has 0 N–H and O–H groups in total. The summed E-state index contributed by atoms with van der Waals surface area (Å²) in [7, 11) is -5.89. The Bertz CT molecular complexity index is 791. The molecule has 2 bridgehead atoms. The molecule has 3 aliphatic carbocycles. The van der Waals surface area contributed by atoms with Crippen molar-refractivity contribution in [3.63, 3.8) is 0 Å². The maximum atomic E-state index is 12.7. The third-order valence-corrected chi connectivity index (χ3v) is 5.43. The first-order valence-corrected chi connectivity index (χ1v) is 8.77. The summed E-state index contributed by atoms with van der Waals surface area (Å²) >= 11 is 0. The summed E-state index contributed by atoms with van der Waals surface area (Å²) in [6.45, 7) is 5.83. The third kappa shape index (κ3) is 2.86. The molecular formula is C15H17F3O6S. The average Bonchev–Trinajstić information content (AvgIpc) is 2.43. The van der Waals surface area contributed by atoms with Crippen LogP contribution >= 0.6 is 0 Å². The summed E-state index contributed by atoms with van der Waals surface area (Å²) in [5.74, 6) is -2.89. The van der Waals surface area contributed by atoms with Crippen LogP contribution in [0.3, 0.4) is 0 Å². The summed E-state index contributed by atoms with van der Waals surface area (Å²) < 4.78 is 69.6. The summed E-state index contributed by atoms with van der Waals surface area (Å²) in [6, 6.07) is 0. The number of ketones is 1. The standard InChI is InChI=1S/C15H17F3O6S/c1-5-23-11(19)9-6-8-10(24-25(21,22)15(16,17)18)7-14(9,4)12(20)13(8,2)3/h6-8H,5H2,1-4H3. The van der Waals surface area contributed by atoms with Crippen molar-refractivity contribution in [1.29, 1.82) is 0 Å². The Balaban J connectivity index is 2.54. The highest BCUT2D eigenvalue weighted by atomic mass is 32.2. The van der Waals surface area contributed by atoms with Gasteiger partial charge in [-0.2, -0.15) is 21.6 Å². The van der Waals surface area contributed by atoms with E-state index in [1.54, 1.807) is 6.92 Å². The van der Waals surface area contributed by atoms with E-state index in [0.29, 0.717) is 0 Å². The van der Waals surface area contributed by atoms with Gasteiger partial charge in [-0.3, -0.25) is 4.79 Å². The van der Waals surface area contributed by atoms with Gasteiger partial charge in [0.25, 0.3) is 0 Å². The number of hydrogen-bond donors (Lipinski definition) is 0. The number of esters is 1. The van der Waals surface area contributed by atoms with E-state index in [4.69, 9.17) is 4.74 Å². The van der Waals surface area contributed by atoms with Gasteiger partial charge in [0.2, 0.25) is 0 Å². The number of halogens is 3. The van der Waals surface area contributed by atoms with E-state index in [1.807, 2.05) is 0 Å². The molecule has 0 fully saturated rings. The van der Waals surface area contributed by atoms with Crippen molar-refractivity contribution in [1.82, 2.24) is 0 Å². The molecule has 2 unspecified atom stereocenters. The quantitative estimate of drug-likeness (QED) is 0.422. The van der Waals surface area contributed by atoms with Crippen molar-refractivity contribution in [3.05, 3.63) is 23.5 Å². The first-order chi connectivity index (χ1) is 11.2. The Labute approximate surface area is 142 Å². The van der Waals surface area contributed by atoms with E-state index in [-0.39, 0.29) is 12.2 Å². The molecule has 0 aliphatic heterocycles.